The van der Waals surface area contributed by atoms with E-state index in [4.69, 9.17) is 4.74 Å². The van der Waals surface area contributed by atoms with Crippen molar-refractivity contribution in [3.05, 3.63) is 47.6 Å². The zero-order valence-corrected chi connectivity index (χ0v) is 16.1. The summed E-state index contributed by atoms with van der Waals surface area (Å²) in [6.45, 7) is 5.33. The van der Waals surface area contributed by atoms with Crippen molar-refractivity contribution >= 4 is 22.2 Å². The minimum Gasteiger partial charge on any atom is -0.379 e. The summed E-state index contributed by atoms with van der Waals surface area (Å²) in [5.74, 6) is 0.0617. The molecule has 1 amide bonds. The first kappa shape index (κ1) is 18.2. The molecule has 1 saturated heterocycles. The molecule has 27 heavy (non-hydrogen) atoms. The van der Waals surface area contributed by atoms with E-state index in [0.29, 0.717) is 13.0 Å². The molecule has 4 rings (SSSR count). The number of ether oxygens (including phenoxy) is 1. The summed E-state index contributed by atoms with van der Waals surface area (Å²) in [6.07, 6.45) is 3.36. The van der Waals surface area contributed by atoms with Crippen molar-refractivity contribution in [1.82, 2.24) is 19.6 Å². The minimum absolute atomic E-state index is 0.0617. The molecular formula is C20H24N4O2S. The SMILES string of the molecule is O=C(Cc1csc2nc(-c3ccccc3)cn12)NCCCN1CCOCC1. The second-order valence-corrected chi connectivity index (χ2v) is 7.54. The topological polar surface area (TPSA) is 58.9 Å². The fourth-order valence-corrected chi connectivity index (χ4v) is 4.16. The first-order chi connectivity index (χ1) is 13.3. The molecule has 7 heteroatoms. The lowest BCUT2D eigenvalue weighted by atomic mass is 10.2. The van der Waals surface area contributed by atoms with Crippen LogP contribution in [0.3, 0.4) is 0 Å². The van der Waals surface area contributed by atoms with Crippen molar-refractivity contribution in [3.8, 4) is 11.3 Å². The van der Waals surface area contributed by atoms with Crippen LogP contribution < -0.4 is 5.32 Å². The van der Waals surface area contributed by atoms with E-state index >= 15 is 0 Å². The summed E-state index contributed by atoms with van der Waals surface area (Å²) >= 11 is 1.57. The average Bonchev–Trinajstić information content (AvgIpc) is 3.29. The Hall–Kier alpha value is -2.22. The van der Waals surface area contributed by atoms with Crippen LogP contribution in [0.25, 0.3) is 16.2 Å². The molecule has 1 fully saturated rings. The van der Waals surface area contributed by atoms with E-state index in [1.54, 1.807) is 11.3 Å². The Morgan fingerprint density at radius 2 is 2.04 bits per heavy atom. The summed E-state index contributed by atoms with van der Waals surface area (Å²) in [6, 6.07) is 10.1. The third kappa shape index (κ3) is 4.55. The van der Waals surface area contributed by atoms with Gasteiger partial charge < -0.3 is 10.1 Å². The molecule has 0 radical (unpaired) electrons. The van der Waals surface area contributed by atoms with Crippen LogP contribution in [0.4, 0.5) is 0 Å². The molecule has 1 aromatic carbocycles. The van der Waals surface area contributed by atoms with Crippen molar-refractivity contribution in [1.29, 1.82) is 0 Å². The Morgan fingerprint density at radius 3 is 2.85 bits per heavy atom. The second-order valence-electron chi connectivity index (χ2n) is 6.71. The fraction of sp³-hybridized carbons (Fsp3) is 0.400. The van der Waals surface area contributed by atoms with E-state index in [-0.39, 0.29) is 5.91 Å². The van der Waals surface area contributed by atoms with Gasteiger partial charge in [-0.3, -0.25) is 14.1 Å². The average molecular weight is 385 g/mol. The van der Waals surface area contributed by atoms with Gasteiger partial charge in [-0.1, -0.05) is 30.3 Å². The van der Waals surface area contributed by atoms with Gasteiger partial charge in [0.15, 0.2) is 4.96 Å². The van der Waals surface area contributed by atoms with Gasteiger partial charge in [0.1, 0.15) is 0 Å². The summed E-state index contributed by atoms with van der Waals surface area (Å²) in [7, 11) is 0. The third-order valence-electron chi connectivity index (χ3n) is 4.77. The van der Waals surface area contributed by atoms with Gasteiger partial charge >= 0.3 is 0 Å². The predicted octanol–water partition coefficient (Wildman–Crippen LogP) is 2.44. The summed E-state index contributed by atoms with van der Waals surface area (Å²) < 4.78 is 7.38. The smallest absolute Gasteiger partial charge is 0.225 e. The quantitative estimate of drug-likeness (QED) is 0.636. The van der Waals surface area contributed by atoms with Crippen LogP contribution >= 0.6 is 11.3 Å². The molecular weight excluding hydrogens is 360 g/mol. The normalized spacial score (nSPS) is 15.3. The third-order valence-corrected chi connectivity index (χ3v) is 5.66. The number of hydrogen-bond acceptors (Lipinski definition) is 5. The standard InChI is InChI=1S/C20H24N4O2S/c25-19(21-7-4-8-23-9-11-26-12-10-23)13-17-15-27-20-22-18(14-24(17)20)16-5-2-1-3-6-16/h1-3,5-6,14-15H,4,7-13H2,(H,21,25). The molecule has 1 aliphatic heterocycles. The number of benzene rings is 1. The molecule has 0 bridgehead atoms. The van der Waals surface area contributed by atoms with Crippen molar-refractivity contribution in [2.45, 2.75) is 12.8 Å². The number of aromatic nitrogens is 2. The highest BCUT2D eigenvalue weighted by Gasteiger charge is 2.13. The monoisotopic (exact) mass is 384 g/mol. The number of nitrogens with zero attached hydrogens (tertiary/aromatic N) is 3. The van der Waals surface area contributed by atoms with Crippen LogP contribution in [0.5, 0.6) is 0 Å². The number of nitrogens with one attached hydrogen (secondary N) is 1. The Morgan fingerprint density at radius 1 is 1.22 bits per heavy atom. The van der Waals surface area contributed by atoms with E-state index in [1.807, 2.05) is 46.3 Å². The zero-order chi connectivity index (χ0) is 18.5. The Bertz CT molecular complexity index is 884. The van der Waals surface area contributed by atoms with E-state index < -0.39 is 0 Å². The number of rotatable bonds is 7. The Kier molecular flexibility index (Phi) is 5.81. The van der Waals surface area contributed by atoms with Crippen molar-refractivity contribution in [3.63, 3.8) is 0 Å². The van der Waals surface area contributed by atoms with Crippen molar-refractivity contribution in [2.24, 2.45) is 0 Å². The molecule has 0 unspecified atom stereocenters. The fourth-order valence-electron chi connectivity index (χ4n) is 3.29. The summed E-state index contributed by atoms with van der Waals surface area (Å²) in [4.78, 5) is 20.3. The molecule has 0 spiro atoms. The van der Waals surface area contributed by atoms with E-state index in [9.17, 15) is 4.79 Å². The first-order valence-corrected chi connectivity index (χ1v) is 10.3. The Labute approximate surface area is 162 Å². The van der Waals surface area contributed by atoms with E-state index in [0.717, 1.165) is 61.2 Å². The highest BCUT2D eigenvalue weighted by Crippen LogP contribution is 2.23. The number of thiazole rings is 1. The zero-order valence-electron chi connectivity index (χ0n) is 15.3. The van der Waals surface area contributed by atoms with E-state index in [1.165, 1.54) is 0 Å². The maximum atomic E-state index is 12.3. The number of carbonyl (C=O) groups is 1. The molecule has 1 N–H and O–H groups in total. The predicted molar refractivity (Wildman–Crippen MR) is 107 cm³/mol. The lowest BCUT2D eigenvalue weighted by Crippen LogP contribution is -2.38. The minimum atomic E-state index is 0.0617. The molecule has 3 heterocycles. The maximum Gasteiger partial charge on any atom is 0.225 e. The van der Waals surface area contributed by atoms with Crippen LogP contribution in [0.1, 0.15) is 12.1 Å². The van der Waals surface area contributed by atoms with Gasteiger partial charge in [0.05, 0.1) is 25.3 Å². The largest absolute Gasteiger partial charge is 0.379 e. The molecule has 0 atom stereocenters. The van der Waals surface area contributed by atoms with Gasteiger partial charge in [-0.25, -0.2) is 4.98 Å². The molecule has 0 aliphatic carbocycles. The second kappa shape index (κ2) is 8.65. The van der Waals surface area contributed by atoms with Crippen LogP contribution in [-0.2, 0) is 16.0 Å². The number of fused-ring (bicyclic) bond motifs is 1. The number of carbonyl (C=O) groups excluding carboxylic acids is 1. The van der Waals surface area contributed by atoms with Crippen molar-refractivity contribution in [2.75, 3.05) is 39.4 Å². The van der Waals surface area contributed by atoms with Gasteiger partial charge in [-0.2, -0.15) is 0 Å². The van der Waals surface area contributed by atoms with Gasteiger partial charge in [0.25, 0.3) is 0 Å². The number of imidazole rings is 1. The van der Waals surface area contributed by atoms with Gasteiger partial charge in [0.2, 0.25) is 5.91 Å². The van der Waals surface area contributed by atoms with Gasteiger partial charge in [-0.15, -0.1) is 11.3 Å². The summed E-state index contributed by atoms with van der Waals surface area (Å²) in [5.41, 5.74) is 3.01. The molecule has 1 aliphatic rings. The number of hydrogen-bond donors (Lipinski definition) is 1. The molecule has 6 nitrogen and oxygen atoms in total. The lowest BCUT2D eigenvalue weighted by Gasteiger charge is -2.26. The highest BCUT2D eigenvalue weighted by molar-refractivity contribution is 7.15. The molecule has 0 saturated carbocycles. The van der Waals surface area contributed by atoms with E-state index in [2.05, 4.69) is 15.2 Å². The number of amides is 1. The first-order valence-electron chi connectivity index (χ1n) is 9.37. The lowest BCUT2D eigenvalue weighted by molar-refractivity contribution is -0.120. The molecule has 2 aromatic heterocycles. The van der Waals surface area contributed by atoms with Crippen LogP contribution in [-0.4, -0.2) is 59.6 Å². The van der Waals surface area contributed by atoms with Crippen LogP contribution in [0, 0.1) is 0 Å². The maximum absolute atomic E-state index is 12.3. The van der Waals surface area contributed by atoms with Crippen molar-refractivity contribution < 1.29 is 9.53 Å². The number of morpholine rings is 1. The Balaban J connectivity index is 1.30. The van der Waals surface area contributed by atoms with Gasteiger partial charge in [-0.05, 0) is 13.0 Å². The van der Waals surface area contributed by atoms with Crippen LogP contribution in [0.2, 0.25) is 0 Å². The summed E-state index contributed by atoms with van der Waals surface area (Å²) in [5, 5.41) is 5.06. The molecule has 3 aromatic rings. The van der Waals surface area contributed by atoms with Gasteiger partial charge in [0, 0.05) is 42.5 Å². The van der Waals surface area contributed by atoms with Crippen LogP contribution in [0.15, 0.2) is 41.9 Å². The highest BCUT2D eigenvalue weighted by atomic mass is 32.1. The molecule has 142 valence electrons.